The quantitative estimate of drug-likeness (QED) is 0.641. The third-order valence-electron chi connectivity index (χ3n) is 4.78. The zero-order valence-corrected chi connectivity index (χ0v) is 15.1. The fourth-order valence-corrected chi connectivity index (χ4v) is 3.87. The zero-order valence-electron chi connectivity index (χ0n) is 14.3. The number of carboxylic acids is 1. The Kier molecular flexibility index (Phi) is 6.13. The molecule has 2 aliphatic rings. The van der Waals surface area contributed by atoms with E-state index in [9.17, 15) is 18.4 Å². The highest BCUT2D eigenvalue weighted by Crippen LogP contribution is 2.33. The molecule has 8 heteroatoms. The summed E-state index contributed by atoms with van der Waals surface area (Å²) in [6.45, 7) is 0.872. The summed E-state index contributed by atoms with van der Waals surface area (Å²) in [5, 5.41) is 12.0. The lowest BCUT2D eigenvalue weighted by molar-refractivity contribution is -0.140. The lowest BCUT2D eigenvalue weighted by Gasteiger charge is -2.42. The van der Waals surface area contributed by atoms with E-state index in [1.807, 2.05) is 4.90 Å². The van der Waals surface area contributed by atoms with Crippen LogP contribution in [0.2, 0.25) is 0 Å². The van der Waals surface area contributed by atoms with Crippen molar-refractivity contribution in [3.05, 3.63) is 29.8 Å². The van der Waals surface area contributed by atoms with Gasteiger partial charge in [0.2, 0.25) is 5.91 Å². The average Bonchev–Trinajstić information content (AvgIpc) is 3.34. The van der Waals surface area contributed by atoms with E-state index in [4.69, 9.17) is 5.11 Å². The number of nitrogens with one attached hydrogen (secondary N) is 1. The van der Waals surface area contributed by atoms with Gasteiger partial charge < -0.3 is 10.4 Å². The second-order valence-corrected chi connectivity index (χ2v) is 8.07. The first-order chi connectivity index (χ1) is 12.4. The molecule has 2 fully saturated rings. The molecular formula is C18H22F2N2O3S. The van der Waals surface area contributed by atoms with Crippen LogP contribution in [-0.4, -0.2) is 52.8 Å². The van der Waals surface area contributed by atoms with Crippen LogP contribution in [0.4, 0.5) is 8.78 Å². The molecule has 1 amide bonds. The Balaban J connectivity index is 1.39. The van der Waals surface area contributed by atoms with Crippen LogP contribution in [0, 0.1) is 17.6 Å². The predicted molar refractivity (Wildman–Crippen MR) is 94.0 cm³/mol. The summed E-state index contributed by atoms with van der Waals surface area (Å²) >= 11 is 1.15. The third-order valence-corrected chi connectivity index (χ3v) is 5.78. The Bertz CT molecular complexity index is 678. The van der Waals surface area contributed by atoms with Crippen LogP contribution in [0.15, 0.2) is 23.1 Å². The maximum Gasteiger partial charge on any atom is 0.317 e. The molecule has 0 unspecified atom stereocenters. The maximum absolute atomic E-state index is 13.1. The number of amides is 1. The van der Waals surface area contributed by atoms with Crippen molar-refractivity contribution < 1.29 is 23.5 Å². The van der Waals surface area contributed by atoms with E-state index < -0.39 is 17.6 Å². The van der Waals surface area contributed by atoms with Crippen molar-refractivity contribution in [3.63, 3.8) is 0 Å². The van der Waals surface area contributed by atoms with Gasteiger partial charge in [0.15, 0.2) is 11.6 Å². The molecule has 2 aliphatic carbocycles. The van der Waals surface area contributed by atoms with E-state index in [0.717, 1.165) is 43.3 Å². The number of aliphatic carboxylic acids is 1. The zero-order chi connectivity index (χ0) is 18.7. The number of carboxylic acid groups (broad SMARTS) is 1. The number of nitrogens with zero attached hydrogens (tertiary/aromatic N) is 1. The van der Waals surface area contributed by atoms with Gasteiger partial charge in [0.25, 0.3) is 0 Å². The minimum Gasteiger partial charge on any atom is -0.480 e. The molecule has 0 radical (unpaired) electrons. The van der Waals surface area contributed by atoms with E-state index in [-0.39, 0.29) is 30.3 Å². The molecule has 0 heterocycles. The Morgan fingerprint density at radius 1 is 1.23 bits per heavy atom. The molecule has 0 aliphatic heterocycles. The Morgan fingerprint density at radius 2 is 1.96 bits per heavy atom. The van der Waals surface area contributed by atoms with Gasteiger partial charge in [0.05, 0.1) is 12.3 Å². The summed E-state index contributed by atoms with van der Waals surface area (Å²) in [5.41, 5.74) is 0. The number of hydrogen-bond acceptors (Lipinski definition) is 4. The van der Waals surface area contributed by atoms with Crippen LogP contribution in [0.1, 0.15) is 25.7 Å². The fraction of sp³-hybridized carbons (Fsp3) is 0.556. The highest BCUT2D eigenvalue weighted by molar-refractivity contribution is 8.00. The van der Waals surface area contributed by atoms with Crippen LogP contribution in [-0.2, 0) is 9.59 Å². The lowest BCUT2D eigenvalue weighted by Crippen LogP contribution is -2.55. The van der Waals surface area contributed by atoms with E-state index in [1.54, 1.807) is 0 Å². The van der Waals surface area contributed by atoms with Crippen molar-refractivity contribution in [1.29, 1.82) is 0 Å². The number of halogens is 2. The molecular weight excluding hydrogens is 362 g/mol. The molecule has 2 N–H and O–H groups in total. The second-order valence-electron chi connectivity index (χ2n) is 7.02. The van der Waals surface area contributed by atoms with Gasteiger partial charge in [-0.1, -0.05) is 0 Å². The fourth-order valence-electron chi connectivity index (χ4n) is 3.14. The first kappa shape index (κ1) is 19.1. The van der Waals surface area contributed by atoms with E-state index in [2.05, 4.69) is 5.32 Å². The molecule has 1 aromatic rings. The molecule has 5 nitrogen and oxygen atoms in total. The summed E-state index contributed by atoms with van der Waals surface area (Å²) in [6.07, 6.45) is 3.84. The van der Waals surface area contributed by atoms with Crippen molar-refractivity contribution in [3.8, 4) is 0 Å². The van der Waals surface area contributed by atoms with Gasteiger partial charge in [-0.3, -0.25) is 14.5 Å². The number of benzene rings is 1. The minimum atomic E-state index is -0.925. The summed E-state index contributed by atoms with van der Waals surface area (Å²) in [5.74, 6) is -2.05. The minimum absolute atomic E-state index is 0.0494. The van der Waals surface area contributed by atoms with E-state index in [1.165, 1.54) is 18.9 Å². The monoisotopic (exact) mass is 384 g/mol. The van der Waals surface area contributed by atoms with Crippen molar-refractivity contribution in [2.24, 2.45) is 5.92 Å². The smallest absolute Gasteiger partial charge is 0.317 e. The summed E-state index contributed by atoms with van der Waals surface area (Å²) < 4.78 is 26.0. The van der Waals surface area contributed by atoms with Crippen molar-refractivity contribution in [1.82, 2.24) is 10.2 Å². The number of rotatable bonds is 9. The maximum atomic E-state index is 13.1. The van der Waals surface area contributed by atoms with Gasteiger partial charge in [0, 0.05) is 23.5 Å². The van der Waals surface area contributed by atoms with Gasteiger partial charge in [-0.15, -0.1) is 11.8 Å². The van der Waals surface area contributed by atoms with Crippen LogP contribution in [0.3, 0.4) is 0 Å². The number of carbonyl (C=O) groups excluding carboxylic acids is 1. The van der Waals surface area contributed by atoms with Crippen LogP contribution in [0.5, 0.6) is 0 Å². The number of carbonyl (C=O) groups is 2. The third kappa shape index (κ3) is 5.41. The molecule has 0 saturated heterocycles. The molecule has 26 heavy (non-hydrogen) atoms. The van der Waals surface area contributed by atoms with Crippen molar-refractivity contribution in [2.75, 3.05) is 18.8 Å². The predicted octanol–water partition coefficient (Wildman–Crippen LogP) is 2.50. The van der Waals surface area contributed by atoms with Crippen LogP contribution < -0.4 is 5.32 Å². The highest BCUT2D eigenvalue weighted by Gasteiger charge is 2.37. The van der Waals surface area contributed by atoms with Gasteiger partial charge in [-0.05, 0) is 49.8 Å². The highest BCUT2D eigenvalue weighted by atomic mass is 32.2. The van der Waals surface area contributed by atoms with Crippen LogP contribution in [0.25, 0.3) is 0 Å². The Hall–Kier alpha value is -1.67. The van der Waals surface area contributed by atoms with E-state index in [0.29, 0.717) is 10.8 Å². The van der Waals surface area contributed by atoms with Crippen molar-refractivity contribution in [2.45, 2.75) is 42.7 Å². The first-order valence-corrected chi connectivity index (χ1v) is 9.72. The van der Waals surface area contributed by atoms with Gasteiger partial charge in [0.1, 0.15) is 0 Å². The average molecular weight is 384 g/mol. The summed E-state index contributed by atoms with van der Waals surface area (Å²) in [4.78, 5) is 25.5. The number of thioether (sulfide) groups is 1. The van der Waals surface area contributed by atoms with E-state index >= 15 is 0 Å². The molecule has 2 saturated carbocycles. The largest absolute Gasteiger partial charge is 0.480 e. The topological polar surface area (TPSA) is 69.6 Å². The second kappa shape index (κ2) is 8.35. The lowest BCUT2D eigenvalue weighted by atomic mass is 9.85. The molecule has 142 valence electrons. The molecule has 1 aromatic carbocycles. The van der Waals surface area contributed by atoms with Crippen molar-refractivity contribution >= 4 is 23.6 Å². The number of hydrogen-bond donors (Lipinski definition) is 2. The first-order valence-electron chi connectivity index (χ1n) is 8.73. The Morgan fingerprint density at radius 3 is 2.58 bits per heavy atom. The molecule has 0 atom stereocenters. The summed E-state index contributed by atoms with van der Waals surface area (Å²) in [7, 11) is 0. The van der Waals surface area contributed by atoms with Gasteiger partial charge in [-0.25, -0.2) is 8.78 Å². The van der Waals surface area contributed by atoms with Gasteiger partial charge in [-0.2, -0.15) is 0 Å². The molecule has 0 bridgehead atoms. The van der Waals surface area contributed by atoms with Crippen LogP contribution >= 0.6 is 11.8 Å². The SMILES string of the molecule is O=C(O)CN(CC1CC1)C1CC(NC(=O)CSc2ccc(F)c(F)c2)C1. The van der Waals surface area contributed by atoms with Gasteiger partial charge >= 0.3 is 5.97 Å². The molecule has 3 rings (SSSR count). The Labute approximate surface area is 155 Å². The summed E-state index contributed by atoms with van der Waals surface area (Å²) in [6, 6.07) is 3.82. The normalized spacial score (nSPS) is 22.1. The molecule has 0 spiro atoms. The molecule has 0 aromatic heterocycles. The standard InChI is InChI=1S/C18H22F2N2O3S/c19-15-4-3-14(7-16(15)20)26-10-17(23)21-12-5-13(6-12)22(9-18(24)25)8-11-1-2-11/h3-4,7,11-13H,1-2,5-6,8-10H2,(H,21,23)(H,24,25).